The number of amides is 3. The SMILES string of the molecule is CC(=O)N[C@H](C(=O)N1CCC[C@H]1C(=O)N[C@@H](CCc1ccc(Oc2ccccc2)cc1)B1O[C@H]2C[C@@H]3C[C@@H](C3(C)C)[C@@]2(C)O1)C(C)C. The molecule has 5 fully saturated rings. The van der Waals surface area contributed by atoms with Crippen molar-refractivity contribution in [3.05, 3.63) is 60.2 Å². The molecule has 2 N–H and O–H groups in total. The number of nitrogens with zero attached hydrogens (tertiary/aromatic N) is 1. The van der Waals surface area contributed by atoms with Gasteiger partial charge in [-0.1, -0.05) is 58.0 Å². The number of carbonyl (C=O) groups excluding carboxylic acids is 3. The van der Waals surface area contributed by atoms with E-state index in [0.717, 1.165) is 36.3 Å². The predicted octanol–water partition coefficient (Wildman–Crippen LogP) is 5.32. The van der Waals surface area contributed by atoms with Gasteiger partial charge in [0.15, 0.2) is 0 Å². The summed E-state index contributed by atoms with van der Waals surface area (Å²) in [5.74, 6) is 1.39. The largest absolute Gasteiger partial charge is 0.481 e. The molecule has 2 bridgehead atoms. The van der Waals surface area contributed by atoms with Crippen molar-refractivity contribution < 1.29 is 28.4 Å². The van der Waals surface area contributed by atoms with Crippen molar-refractivity contribution in [2.45, 2.75) is 110 Å². The molecule has 3 aliphatic carbocycles. The monoisotopic (exact) mass is 643 g/mol. The van der Waals surface area contributed by atoms with Crippen LogP contribution in [0, 0.1) is 23.2 Å². The molecular weight excluding hydrogens is 593 g/mol. The predicted molar refractivity (Wildman–Crippen MR) is 180 cm³/mol. The standard InChI is InChI=1S/C37H50BN3O6/c1-23(2)33(39-24(3)42)35(44)41-20-10-13-29(41)34(43)40-32(38-46-31-22-26-21-30(36(26,4)5)37(31,6)47-38)19-16-25-14-17-28(18-15-25)45-27-11-8-7-9-12-27/h7-9,11-12,14-15,17-18,23,26,29-33H,10,13,16,19-22H2,1-6H3,(H,39,42)(H,40,43)/t26-,29-,30-,31-,32-,33-,37+/m0/s1. The van der Waals surface area contributed by atoms with E-state index in [1.807, 2.05) is 56.3 Å². The molecule has 0 spiro atoms. The van der Waals surface area contributed by atoms with E-state index in [4.69, 9.17) is 14.0 Å². The van der Waals surface area contributed by atoms with Gasteiger partial charge in [-0.3, -0.25) is 14.4 Å². The molecular formula is C37H50BN3O6. The highest BCUT2D eigenvalue weighted by Crippen LogP contribution is 2.65. The second-order valence-electron chi connectivity index (χ2n) is 15.2. The van der Waals surface area contributed by atoms with Gasteiger partial charge in [-0.05, 0) is 98.4 Å². The molecule has 47 heavy (non-hydrogen) atoms. The molecule has 2 aliphatic heterocycles. The summed E-state index contributed by atoms with van der Waals surface area (Å²) in [5.41, 5.74) is 0.917. The lowest BCUT2D eigenvalue weighted by atomic mass is 9.43. The van der Waals surface area contributed by atoms with E-state index >= 15 is 0 Å². The highest BCUT2D eigenvalue weighted by molar-refractivity contribution is 6.48. The van der Waals surface area contributed by atoms with Crippen molar-refractivity contribution in [2.24, 2.45) is 23.2 Å². The highest BCUT2D eigenvalue weighted by Gasteiger charge is 2.68. The summed E-state index contributed by atoms with van der Waals surface area (Å²) in [5, 5.41) is 6.08. The molecule has 0 unspecified atom stereocenters. The van der Waals surface area contributed by atoms with Crippen LogP contribution in [0.4, 0.5) is 0 Å². The van der Waals surface area contributed by atoms with Crippen molar-refractivity contribution in [2.75, 3.05) is 6.54 Å². The Kier molecular flexibility index (Phi) is 9.47. The fraction of sp³-hybridized carbons (Fsp3) is 0.595. The van der Waals surface area contributed by atoms with Crippen molar-refractivity contribution in [3.8, 4) is 11.5 Å². The first-order valence-corrected chi connectivity index (χ1v) is 17.4. The molecule has 2 aromatic rings. The number of benzene rings is 2. The quantitative estimate of drug-likeness (QED) is 0.322. The number of aryl methyl sites for hydroxylation is 1. The van der Waals surface area contributed by atoms with Crippen molar-refractivity contribution in [1.29, 1.82) is 0 Å². The Balaban J connectivity index is 1.17. The van der Waals surface area contributed by atoms with Gasteiger partial charge in [-0.25, -0.2) is 0 Å². The van der Waals surface area contributed by atoms with E-state index in [1.165, 1.54) is 6.92 Å². The van der Waals surface area contributed by atoms with Gasteiger partial charge in [-0.15, -0.1) is 0 Å². The van der Waals surface area contributed by atoms with Gasteiger partial charge in [-0.2, -0.15) is 0 Å². The van der Waals surface area contributed by atoms with Crippen LogP contribution in [0.3, 0.4) is 0 Å². The summed E-state index contributed by atoms with van der Waals surface area (Å²) >= 11 is 0. The number of hydrogen-bond donors (Lipinski definition) is 2. The van der Waals surface area contributed by atoms with Gasteiger partial charge in [0.05, 0.1) is 17.6 Å². The normalized spacial score (nSPS) is 28.7. The number of rotatable bonds is 11. The van der Waals surface area contributed by atoms with Crippen molar-refractivity contribution >= 4 is 24.8 Å². The van der Waals surface area contributed by atoms with E-state index in [-0.39, 0.29) is 35.2 Å². The molecule has 0 aromatic heterocycles. The average Bonchev–Trinajstić information content (AvgIpc) is 3.67. The van der Waals surface area contributed by atoms with Gasteiger partial charge in [0.1, 0.15) is 23.6 Å². The van der Waals surface area contributed by atoms with Gasteiger partial charge >= 0.3 is 7.12 Å². The highest BCUT2D eigenvalue weighted by atomic mass is 16.7. The number of carbonyl (C=O) groups is 3. The average molecular weight is 644 g/mol. The Morgan fingerprint density at radius 3 is 2.36 bits per heavy atom. The summed E-state index contributed by atoms with van der Waals surface area (Å²) in [6.45, 7) is 12.6. The van der Waals surface area contributed by atoms with Crippen LogP contribution >= 0.6 is 0 Å². The van der Waals surface area contributed by atoms with Crippen LogP contribution in [0.2, 0.25) is 0 Å². The minimum absolute atomic E-state index is 0.00731. The van der Waals surface area contributed by atoms with Crippen LogP contribution in [0.15, 0.2) is 54.6 Å². The van der Waals surface area contributed by atoms with E-state index in [0.29, 0.717) is 37.6 Å². The van der Waals surface area contributed by atoms with Crippen LogP contribution in [-0.4, -0.2) is 66.0 Å². The third-order valence-corrected chi connectivity index (χ3v) is 11.4. The van der Waals surface area contributed by atoms with E-state index in [9.17, 15) is 14.4 Å². The number of nitrogens with one attached hydrogen (secondary N) is 2. The Morgan fingerprint density at radius 1 is 1.00 bits per heavy atom. The summed E-state index contributed by atoms with van der Waals surface area (Å²) in [7, 11) is -0.585. The molecule has 7 rings (SSSR count). The van der Waals surface area contributed by atoms with Crippen molar-refractivity contribution in [1.82, 2.24) is 15.5 Å². The number of ether oxygens (including phenoxy) is 1. The molecule has 3 amide bonds. The Morgan fingerprint density at radius 2 is 1.70 bits per heavy atom. The van der Waals surface area contributed by atoms with Gasteiger partial charge < -0.3 is 29.6 Å². The van der Waals surface area contributed by atoms with Gasteiger partial charge in [0, 0.05) is 13.5 Å². The first-order valence-electron chi connectivity index (χ1n) is 17.4. The Bertz CT molecular complexity index is 1450. The molecule has 5 aliphatic rings. The number of para-hydroxylation sites is 1. The summed E-state index contributed by atoms with van der Waals surface area (Å²) in [6, 6.07) is 16.4. The molecule has 9 nitrogen and oxygen atoms in total. The van der Waals surface area contributed by atoms with E-state index < -0.39 is 30.7 Å². The summed E-state index contributed by atoms with van der Waals surface area (Å²) in [6.07, 6.45) is 4.71. The molecule has 7 atom stereocenters. The van der Waals surface area contributed by atoms with Gasteiger partial charge in [0.2, 0.25) is 17.7 Å². The third-order valence-electron chi connectivity index (χ3n) is 11.4. The molecule has 3 saturated carbocycles. The van der Waals surface area contributed by atoms with Gasteiger partial charge in [0.25, 0.3) is 0 Å². The second kappa shape index (κ2) is 13.3. The zero-order valence-corrected chi connectivity index (χ0v) is 28.7. The molecule has 0 radical (unpaired) electrons. The maximum absolute atomic E-state index is 14.0. The maximum atomic E-state index is 14.0. The fourth-order valence-corrected chi connectivity index (χ4v) is 8.51. The smallest absolute Gasteiger partial charge is 0.457 e. The zero-order valence-electron chi connectivity index (χ0n) is 28.7. The number of hydrogen-bond acceptors (Lipinski definition) is 6. The van der Waals surface area contributed by atoms with Crippen LogP contribution in [0.25, 0.3) is 0 Å². The van der Waals surface area contributed by atoms with Crippen LogP contribution in [0.1, 0.15) is 79.2 Å². The van der Waals surface area contributed by atoms with Crippen LogP contribution in [0.5, 0.6) is 11.5 Å². The molecule has 2 aromatic carbocycles. The second-order valence-corrected chi connectivity index (χ2v) is 15.2. The maximum Gasteiger partial charge on any atom is 0.481 e. The first kappa shape index (κ1) is 33.5. The zero-order chi connectivity index (χ0) is 33.5. The molecule has 2 heterocycles. The lowest BCUT2D eigenvalue weighted by Crippen LogP contribution is -2.65. The fourth-order valence-electron chi connectivity index (χ4n) is 8.51. The van der Waals surface area contributed by atoms with Crippen molar-refractivity contribution in [3.63, 3.8) is 0 Å². The summed E-state index contributed by atoms with van der Waals surface area (Å²) in [4.78, 5) is 41.2. The molecule has 10 heteroatoms. The summed E-state index contributed by atoms with van der Waals surface area (Å²) < 4.78 is 19.5. The Hall–Kier alpha value is -3.37. The van der Waals surface area contributed by atoms with Crippen LogP contribution in [-0.2, 0) is 30.1 Å². The topological polar surface area (TPSA) is 106 Å². The molecule has 2 saturated heterocycles. The van der Waals surface area contributed by atoms with E-state index in [2.05, 4.69) is 43.5 Å². The minimum Gasteiger partial charge on any atom is -0.457 e. The third kappa shape index (κ3) is 6.68. The van der Waals surface area contributed by atoms with E-state index in [1.54, 1.807) is 4.90 Å². The van der Waals surface area contributed by atoms with Crippen LogP contribution < -0.4 is 15.4 Å². The lowest BCUT2D eigenvalue weighted by molar-refractivity contribution is -0.199. The lowest BCUT2D eigenvalue weighted by Gasteiger charge is -2.64. The Labute approximate surface area is 279 Å². The first-order chi connectivity index (χ1) is 22.4. The number of likely N-dealkylation sites (tertiary alicyclic amines) is 1. The molecule has 252 valence electrons. The minimum atomic E-state index is -0.676.